The molecule has 106 valence electrons. The highest BCUT2D eigenvalue weighted by molar-refractivity contribution is 7.87. The molecule has 8 heteroatoms. The molecule has 0 aliphatic rings. The van der Waals surface area contributed by atoms with Crippen molar-refractivity contribution in [1.29, 1.82) is 0 Å². The average molecular weight is 332 g/mol. The molecule has 20 heavy (non-hydrogen) atoms. The number of hydrogen-bond acceptors (Lipinski definition) is 6. The highest BCUT2D eigenvalue weighted by Crippen LogP contribution is 2.25. The van der Waals surface area contributed by atoms with Gasteiger partial charge in [-0.25, -0.2) is 0 Å². The van der Waals surface area contributed by atoms with Gasteiger partial charge >= 0.3 is 10.1 Å². The maximum atomic E-state index is 12.0. The normalized spacial score (nSPS) is 12.9. The van der Waals surface area contributed by atoms with E-state index in [4.69, 9.17) is 32.5 Å². The molecule has 1 aromatic carbocycles. The van der Waals surface area contributed by atoms with Crippen molar-refractivity contribution >= 4 is 38.3 Å². The highest BCUT2D eigenvalue weighted by Gasteiger charge is 2.21. The number of rotatable bonds is 5. The van der Waals surface area contributed by atoms with Crippen molar-refractivity contribution in [1.82, 2.24) is 5.16 Å². The van der Waals surface area contributed by atoms with Crippen LogP contribution in [0.1, 0.15) is 18.6 Å². The summed E-state index contributed by atoms with van der Waals surface area (Å²) in [6.07, 6.45) is 0. The number of halogens is 1. The number of nitrogens with zero attached hydrogens (tertiary/aromatic N) is 1. The maximum Gasteiger partial charge on any atom is 0.340 e. The summed E-state index contributed by atoms with van der Waals surface area (Å²) in [7, 11) is -3.93. The summed E-state index contributed by atoms with van der Waals surface area (Å²) in [6, 6.07) is 9.09. The van der Waals surface area contributed by atoms with Gasteiger partial charge in [-0.05, 0) is 24.2 Å². The molecule has 0 spiro atoms. The van der Waals surface area contributed by atoms with Crippen LogP contribution in [-0.2, 0) is 10.1 Å². The minimum absolute atomic E-state index is 0.0328. The van der Waals surface area contributed by atoms with Gasteiger partial charge in [0.05, 0.1) is 10.2 Å². The van der Waals surface area contributed by atoms with Gasteiger partial charge in [0.25, 0.3) is 5.88 Å². The fourth-order valence-electron chi connectivity index (χ4n) is 1.37. The van der Waals surface area contributed by atoms with E-state index in [1.807, 2.05) is 0 Å². The molecule has 2 aromatic rings. The summed E-state index contributed by atoms with van der Waals surface area (Å²) in [5, 5.41) is 3.54. The Bertz CT molecular complexity index is 712. The van der Waals surface area contributed by atoms with Crippen molar-refractivity contribution in [3.8, 4) is 5.88 Å². The van der Waals surface area contributed by atoms with Gasteiger partial charge in [0.15, 0.2) is 0 Å². The largest absolute Gasteiger partial charge is 0.357 e. The maximum absolute atomic E-state index is 12.0. The second-order valence-corrected chi connectivity index (χ2v) is 6.56. The number of hydrogen-bond donors (Lipinski definition) is 0. The van der Waals surface area contributed by atoms with Crippen molar-refractivity contribution < 1.29 is 17.1 Å². The van der Waals surface area contributed by atoms with Crippen LogP contribution >= 0.6 is 23.8 Å². The molecule has 5 nitrogen and oxygen atoms in total. The van der Waals surface area contributed by atoms with Gasteiger partial charge < -0.3 is 8.71 Å². The van der Waals surface area contributed by atoms with Gasteiger partial charge in [-0.2, -0.15) is 8.42 Å². The Morgan fingerprint density at radius 1 is 1.40 bits per heavy atom. The molecular formula is C12H10ClNO4S2. The minimum atomic E-state index is -3.93. The lowest BCUT2D eigenvalue weighted by Crippen LogP contribution is -2.09. The molecule has 0 radical (unpaired) electrons. The van der Waals surface area contributed by atoms with E-state index in [0.717, 1.165) is 0 Å². The molecule has 0 N–H and O–H groups in total. The quantitative estimate of drug-likeness (QED) is 0.476. The van der Waals surface area contributed by atoms with E-state index in [1.165, 1.54) is 18.2 Å². The van der Waals surface area contributed by atoms with Crippen LogP contribution in [0.25, 0.3) is 0 Å². The first-order valence-corrected chi connectivity index (χ1v) is 7.75. The number of benzene rings is 1. The van der Waals surface area contributed by atoms with Crippen LogP contribution in [0, 0.1) is 0 Å². The Hall–Kier alpha value is -1.44. The van der Waals surface area contributed by atoms with Crippen LogP contribution in [0.5, 0.6) is 5.88 Å². The lowest BCUT2D eigenvalue weighted by Gasteiger charge is -2.02. The SMILES string of the molecule is CC(C(=S)Cl)c1cc(OS(=O)(=O)c2ccccc2)no1. The molecular weight excluding hydrogens is 322 g/mol. The Labute approximate surface area is 126 Å². The van der Waals surface area contributed by atoms with Crippen molar-refractivity contribution in [3.63, 3.8) is 0 Å². The smallest absolute Gasteiger partial charge is 0.340 e. The monoisotopic (exact) mass is 331 g/mol. The first kappa shape index (κ1) is 15.0. The van der Waals surface area contributed by atoms with Crippen molar-refractivity contribution in [3.05, 3.63) is 42.2 Å². The van der Waals surface area contributed by atoms with Crippen molar-refractivity contribution in [2.24, 2.45) is 0 Å². The second-order valence-electron chi connectivity index (χ2n) is 3.94. The third-order valence-electron chi connectivity index (χ3n) is 2.50. The van der Waals surface area contributed by atoms with Crippen LogP contribution in [0.15, 0.2) is 45.8 Å². The van der Waals surface area contributed by atoms with E-state index in [9.17, 15) is 8.42 Å². The van der Waals surface area contributed by atoms with Crippen LogP contribution < -0.4 is 4.18 Å². The first-order chi connectivity index (χ1) is 9.40. The van der Waals surface area contributed by atoms with Crippen LogP contribution in [0.2, 0.25) is 0 Å². The van der Waals surface area contributed by atoms with E-state index in [2.05, 4.69) is 5.16 Å². The van der Waals surface area contributed by atoms with E-state index in [-0.39, 0.29) is 21.0 Å². The van der Waals surface area contributed by atoms with Crippen LogP contribution in [-0.4, -0.2) is 17.9 Å². The van der Waals surface area contributed by atoms with Crippen LogP contribution in [0.3, 0.4) is 0 Å². The van der Waals surface area contributed by atoms with E-state index >= 15 is 0 Å². The summed E-state index contributed by atoms with van der Waals surface area (Å²) in [5.74, 6) is -0.192. The van der Waals surface area contributed by atoms with Gasteiger partial charge in [0.2, 0.25) is 0 Å². The summed E-state index contributed by atoms with van der Waals surface area (Å²) < 4.78 is 33.9. The molecule has 1 aromatic heterocycles. The molecule has 2 rings (SSSR count). The van der Waals surface area contributed by atoms with Gasteiger partial charge in [-0.1, -0.05) is 42.0 Å². The molecule has 1 heterocycles. The van der Waals surface area contributed by atoms with E-state index in [1.54, 1.807) is 25.1 Å². The molecule has 0 aliphatic carbocycles. The molecule has 0 saturated heterocycles. The standard InChI is InChI=1S/C12H10ClNO4S2/c1-8(12(13)19)10-7-11(14-17-10)18-20(15,16)9-5-3-2-4-6-9/h2-8H,1H3. The average Bonchev–Trinajstić information content (AvgIpc) is 2.86. The minimum Gasteiger partial charge on any atom is -0.357 e. The van der Waals surface area contributed by atoms with Crippen molar-refractivity contribution in [2.45, 2.75) is 17.7 Å². The second kappa shape index (κ2) is 5.90. The Balaban J connectivity index is 2.21. The van der Waals surface area contributed by atoms with E-state index in [0.29, 0.717) is 5.76 Å². The zero-order valence-corrected chi connectivity index (χ0v) is 12.7. The third kappa shape index (κ3) is 3.36. The van der Waals surface area contributed by atoms with Gasteiger partial charge in [0, 0.05) is 6.07 Å². The number of thiocarbonyl (C=S) groups is 1. The molecule has 0 amide bonds. The zero-order chi connectivity index (χ0) is 14.8. The van der Waals surface area contributed by atoms with Crippen LogP contribution in [0.4, 0.5) is 0 Å². The fraction of sp³-hybridized carbons (Fsp3) is 0.167. The fourth-order valence-corrected chi connectivity index (χ4v) is 2.49. The van der Waals surface area contributed by atoms with Gasteiger partial charge in [-0.15, -0.1) is 0 Å². The third-order valence-corrected chi connectivity index (χ3v) is 4.42. The Kier molecular flexibility index (Phi) is 4.42. The Morgan fingerprint density at radius 3 is 2.65 bits per heavy atom. The predicted octanol–water partition coefficient (Wildman–Crippen LogP) is 3.11. The zero-order valence-electron chi connectivity index (χ0n) is 10.3. The molecule has 0 saturated carbocycles. The highest BCUT2D eigenvalue weighted by atomic mass is 35.5. The summed E-state index contributed by atoms with van der Waals surface area (Å²) in [4.78, 5) is 0.0328. The number of aromatic nitrogens is 1. The van der Waals surface area contributed by atoms with Crippen molar-refractivity contribution in [2.75, 3.05) is 0 Å². The van der Waals surface area contributed by atoms with Gasteiger partial charge in [0.1, 0.15) is 10.7 Å². The van der Waals surface area contributed by atoms with Gasteiger partial charge in [-0.3, -0.25) is 0 Å². The lowest BCUT2D eigenvalue weighted by molar-refractivity contribution is 0.358. The molecule has 0 bridgehead atoms. The predicted molar refractivity (Wildman–Crippen MR) is 77.6 cm³/mol. The summed E-state index contributed by atoms with van der Waals surface area (Å²) in [5.41, 5.74) is 0. The Morgan fingerprint density at radius 2 is 2.05 bits per heavy atom. The topological polar surface area (TPSA) is 69.4 Å². The first-order valence-electron chi connectivity index (χ1n) is 5.55. The molecule has 1 atom stereocenters. The summed E-state index contributed by atoms with van der Waals surface area (Å²) in [6.45, 7) is 1.71. The van der Waals surface area contributed by atoms with E-state index < -0.39 is 10.1 Å². The molecule has 1 unspecified atom stereocenters. The molecule has 0 fully saturated rings. The lowest BCUT2D eigenvalue weighted by atomic mass is 10.1. The molecule has 0 aliphatic heterocycles. The summed E-state index contributed by atoms with van der Waals surface area (Å²) >= 11 is 10.5.